The number of rotatable bonds is 5. The van der Waals surface area contributed by atoms with Gasteiger partial charge in [0.25, 0.3) is 0 Å². The number of benzene rings is 1. The summed E-state index contributed by atoms with van der Waals surface area (Å²) in [4.78, 5) is 24.3. The van der Waals surface area contributed by atoms with E-state index in [1.807, 2.05) is 13.8 Å². The topological polar surface area (TPSA) is 58.2 Å². The third kappa shape index (κ3) is 3.73. The van der Waals surface area contributed by atoms with Gasteiger partial charge in [-0.25, -0.2) is 0 Å². The van der Waals surface area contributed by atoms with Crippen LogP contribution in [0, 0.1) is 12.3 Å². The van der Waals surface area contributed by atoms with Gasteiger partial charge in [0.2, 0.25) is 11.8 Å². The lowest BCUT2D eigenvalue weighted by molar-refractivity contribution is -0.138. The van der Waals surface area contributed by atoms with Crippen LogP contribution in [0.3, 0.4) is 0 Å². The molecule has 4 nitrogen and oxygen atoms in total. The highest BCUT2D eigenvalue weighted by molar-refractivity contribution is 6.31. The Balaban J connectivity index is 2.84. The lowest BCUT2D eigenvalue weighted by Crippen LogP contribution is -2.45. The summed E-state index contributed by atoms with van der Waals surface area (Å²) in [5.74, 6) is -0.631. The van der Waals surface area contributed by atoms with Crippen LogP contribution in [0.5, 0.6) is 0 Å². The maximum absolute atomic E-state index is 12.3. The van der Waals surface area contributed by atoms with Crippen molar-refractivity contribution in [3.63, 3.8) is 0 Å². The van der Waals surface area contributed by atoms with Crippen molar-refractivity contribution in [1.29, 1.82) is 0 Å². The number of anilines is 1. The quantitative estimate of drug-likeness (QED) is 0.820. The predicted octanol–water partition coefficient (Wildman–Crippen LogP) is 3.14. The van der Waals surface area contributed by atoms with Crippen LogP contribution in [-0.2, 0) is 9.59 Å². The van der Waals surface area contributed by atoms with Gasteiger partial charge in [-0.15, -0.1) is 0 Å². The molecule has 0 fully saturated rings. The van der Waals surface area contributed by atoms with Crippen LogP contribution in [0.4, 0.5) is 5.69 Å². The number of hydrogen-bond acceptors (Lipinski definition) is 2. The molecule has 0 aliphatic heterocycles. The van der Waals surface area contributed by atoms with E-state index >= 15 is 0 Å². The molecule has 0 aliphatic rings. The van der Waals surface area contributed by atoms with E-state index in [-0.39, 0.29) is 11.8 Å². The molecule has 0 bridgehead atoms. The van der Waals surface area contributed by atoms with E-state index in [0.717, 1.165) is 12.0 Å². The third-order valence-corrected chi connectivity index (χ3v) is 3.60. The van der Waals surface area contributed by atoms with E-state index in [2.05, 4.69) is 10.6 Å². The summed E-state index contributed by atoms with van der Waals surface area (Å²) < 4.78 is 0. The minimum Gasteiger partial charge on any atom is -0.355 e. The molecule has 0 spiro atoms. The average Bonchev–Trinajstić information content (AvgIpc) is 2.40. The van der Waals surface area contributed by atoms with Crippen LogP contribution in [0.2, 0.25) is 5.02 Å². The number of carbonyl (C=O) groups is 2. The Morgan fingerprint density at radius 2 is 1.90 bits per heavy atom. The Kier molecular flexibility index (Phi) is 5.57. The van der Waals surface area contributed by atoms with E-state index in [1.165, 1.54) is 0 Å². The van der Waals surface area contributed by atoms with Crippen molar-refractivity contribution < 1.29 is 9.59 Å². The fourth-order valence-corrected chi connectivity index (χ4v) is 1.76. The van der Waals surface area contributed by atoms with Crippen LogP contribution in [0.1, 0.15) is 32.8 Å². The highest BCUT2D eigenvalue weighted by Crippen LogP contribution is 2.25. The molecule has 0 unspecified atom stereocenters. The van der Waals surface area contributed by atoms with Crippen molar-refractivity contribution in [3.8, 4) is 0 Å². The van der Waals surface area contributed by atoms with Gasteiger partial charge in [0.05, 0.1) is 0 Å². The van der Waals surface area contributed by atoms with Crippen molar-refractivity contribution in [1.82, 2.24) is 5.32 Å². The van der Waals surface area contributed by atoms with Crippen molar-refractivity contribution in [2.45, 2.75) is 34.1 Å². The van der Waals surface area contributed by atoms with Crippen LogP contribution in [-0.4, -0.2) is 18.4 Å². The largest absolute Gasteiger partial charge is 0.355 e. The van der Waals surface area contributed by atoms with E-state index in [1.54, 1.807) is 32.0 Å². The van der Waals surface area contributed by atoms with Crippen LogP contribution in [0.15, 0.2) is 18.2 Å². The number of halogens is 1. The van der Waals surface area contributed by atoms with Crippen molar-refractivity contribution in [3.05, 3.63) is 28.8 Å². The molecule has 1 aromatic rings. The third-order valence-electron chi connectivity index (χ3n) is 3.19. The number of amides is 2. The van der Waals surface area contributed by atoms with Crippen molar-refractivity contribution in [2.75, 3.05) is 11.9 Å². The fourth-order valence-electron chi connectivity index (χ4n) is 1.58. The molecule has 2 N–H and O–H groups in total. The first-order valence-electron chi connectivity index (χ1n) is 6.65. The predicted molar refractivity (Wildman–Crippen MR) is 81.9 cm³/mol. The first kappa shape index (κ1) is 16.5. The summed E-state index contributed by atoms with van der Waals surface area (Å²) in [5, 5.41) is 6.08. The normalized spacial score (nSPS) is 11.1. The maximum Gasteiger partial charge on any atom is 0.239 e. The molecule has 110 valence electrons. The monoisotopic (exact) mass is 296 g/mol. The summed E-state index contributed by atoms with van der Waals surface area (Å²) in [6.07, 6.45) is 0.830. The number of carbonyl (C=O) groups excluding carboxylic acids is 2. The summed E-state index contributed by atoms with van der Waals surface area (Å²) >= 11 is 6.01. The van der Waals surface area contributed by atoms with Gasteiger partial charge in [0.1, 0.15) is 5.41 Å². The van der Waals surface area contributed by atoms with Gasteiger partial charge >= 0.3 is 0 Å². The lowest BCUT2D eigenvalue weighted by Gasteiger charge is -2.23. The van der Waals surface area contributed by atoms with Gasteiger partial charge in [-0.05, 0) is 44.9 Å². The SMILES string of the molecule is CCCNC(=O)C(C)(C)C(=O)Nc1cccc(Cl)c1C. The maximum atomic E-state index is 12.3. The van der Waals surface area contributed by atoms with E-state index in [9.17, 15) is 9.59 Å². The second-order valence-electron chi connectivity index (χ2n) is 5.25. The molecule has 0 saturated heterocycles. The molecule has 1 rings (SSSR count). The molecule has 0 radical (unpaired) electrons. The van der Waals surface area contributed by atoms with Gasteiger partial charge in [-0.1, -0.05) is 24.6 Å². The molecule has 0 aromatic heterocycles. The van der Waals surface area contributed by atoms with Crippen LogP contribution in [0.25, 0.3) is 0 Å². The molecule has 0 saturated carbocycles. The zero-order chi connectivity index (χ0) is 15.3. The van der Waals surface area contributed by atoms with Gasteiger partial charge in [0, 0.05) is 17.3 Å². The van der Waals surface area contributed by atoms with Gasteiger partial charge in [0.15, 0.2) is 0 Å². The Morgan fingerprint density at radius 3 is 2.50 bits per heavy atom. The first-order valence-corrected chi connectivity index (χ1v) is 7.03. The molecule has 0 heterocycles. The Bertz CT molecular complexity index is 513. The Labute approximate surface area is 124 Å². The second kappa shape index (κ2) is 6.75. The highest BCUT2D eigenvalue weighted by Gasteiger charge is 2.35. The first-order chi connectivity index (χ1) is 9.30. The highest BCUT2D eigenvalue weighted by atomic mass is 35.5. The minimum absolute atomic E-state index is 0.281. The Morgan fingerprint density at radius 1 is 1.25 bits per heavy atom. The molecular weight excluding hydrogens is 276 g/mol. The van der Waals surface area contributed by atoms with E-state index < -0.39 is 5.41 Å². The zero-order valence-electron chi connectivity index (χ0n) is 12.3. The standard InChI is InChI=1S/C15H21ClN2O2/c1-5-9-17-13(19)15(3,4)14(20)18-12-8-6-7-11(16)10(12)2/h6-8H,5,9H2,1-4H3,(H,17,19)(H,18,20). The smallest absolute Gasteiger partial charge is 0.239 e. The number of hydrogen-bond donors (Lipinski definition) is 2. The molecule has 0 aliphatic carbocycles. The minimum atomic E-state index is -1.13. The summed E-state index contributed by atoms with van der Waals surface area (Å²) in [6, 6.07) is 5.28. The molecule has 20 heavy (non-hydrogen) atoms. The molecule has 0 atom stereocenters. The molecule has 1 aromatic carbocycles. The van der Waals surface area contributed by atoms with Crippen LogP contribution < -0.4 is 10.6 Å². The molecule has 5 heteroatoms. The van der Waals surface area contributed by atoms with Gasteiger partial charge in [-0.3, -0.25) is 9.59 Å². The van der Waals surface area contributed by atoms with Gasteiger partial charge < -0.3 is 10.6 Å². The summed E-state index contributed by atoms with van der Waals surface area (Å²) in [7, 11) is 0. The summed E-state index contributed by atoms with van der Waals surface area (Å²) in [6.45, 7) is 7.55. The van der Waals surface area contributed by atoms with E-state index in [4.69, 9.17) is 11.6 Å². The number of nitrogens with one attached hydrogen (secondary N) is 2. The summed E-state index contributed by atoms with van der Waals surface area (Å²) in [5.41, 5.74) is 0.273. The van der Waals surface area contributed by atoms with Crippen molar-refractivity contribution >= 4 is 29.1 Å². The van der Waals surface area contributed by atoms with Gasteiger partial charge in [-0.2, -0.15) is 0 Å². The molecule has 2 amide bonds. The second-order valence-corrected chi connectivity index (χ2v) is 5.65. The van der Waals surface area contributed by atoms with Crippen LogP contribution >= 0.6 is 11.6 Å². The Hall–Kier alpha value is -1.55. The van der Waals surface area contributed by atoms with E-state index in [0.29, 0.717) is 17.3 Å². The zero-order valence-corrected chi connectivity index (χ0v) is 13.1. The average molecular weight is 297 g/mol. The fraction of sp³-hybridized carbons (Fsp3) is 0.467. The lowest BCUT2D eigenvalue weighted by atomic mass is 9.90. The van der Waals surface area contributed by atoms with Crippen molar-refractivity contribution in [2.24, 2.45) is 5.41 Å². The molecular formula is C15H21ClN2O2.